The fourth-order valence-corrected chi connectivity index (χ4v) is 1.86. The number of rotatable bonds is 9. The Kier molecular flexibility index (Phi) is 7.19. The third-order valence-electron chi connectivity index (χ3n) is 3.19. The van der Waals surface area contributed by atoms with Crippen LogP contribution in [-0.4, -0.2) is 13.7 Å². The van der Waals surface area contributed by atoms with Crippen LogP contribution in [0.3, 0.4) is 0 Å². The number of hydrogen-bond acceptors (Lipinski definition) is 2. The molecule has 2 nitrogen and oxygen atoms in total. The molecule has 0 aliphatic rings. The molecule has 1 atom stereocenters. The van der Waals surface area contributed by atoms with Crippen molar-refractivity contribution in [3.8, 4) is 5.75 Å². The first kappa shape index (κ1) is 15.7. The molecule has 0 amide bonds. The summed E-state index contributed by atoms with van der Waals surface area (Å²) in [7, 11) is 1.82. The van der Waals surface area contributed by atoms with Crippen molar-refractivity contribution >= 4 is 0 Å². The molecular weight excluding hydrogens is 241 g/mol. The van der Waals surface area contributed by atoms with E-state index in [2.05, 4.69) is 11.9 Å². The van der Waals surface area contributed by atoms with Gasteiger partial charge in [-0.3, -0.25) is 0 Å². The Hall–Kier alpha value is -1.35. The van der Waals surface area contributed by atoms with Gasteiger partial charge in [0.25, 0.3) is 0 Å². The molecule has 106 valence electrons. The molecule has 0 aromatic heterocycles. The van der Waals surface area contributed by atoms with Gasteiger partial charge in [0.1, 0.15) is 11.6 Å². The number of unbranched alkanes of at least 4 members (excludes halogenated alkanes) is 3. The topological polar surface area (TPSA) is 21.3 Å². The second-order valence-corrected chi connectivity index (χ2v) is 4.68. The molecule has 0 fully saturated rings. The van der Waals surface area contributed by atoms with E-state index in [4.69, 9.17) is 4.74 Å². The van der Waals surface area contributed by atoms with Gasteiger partial charge in [0.2, 0.25) is 0 Å². The van der Waals surface area contributed by atoms with E-state index >= 15 is 0 Å². The molecule has 19 heavy (non-hydrogen) atoms. The Balaban J connectivity index is 2.39. The zero-order valence-corrected chi connectivity index (χ0v) is 11.9. The first-order valence-electron chi connectivity index (χ1n) is 6.89. The van der Waals surface area contributed by atoms with Crippen LogP contribution in [0.25, 0.3) is 0 Å². The Bertz CT molecular complexity index is 392. The van der Waals surface area contributed by atoms with Gasteiger partial charge in [0.15, 0.2) is 0 Å². The molecule has 1 rings (SSSR count). The summed E-state index contributed by atoms with van der Waals surface area (Å²) in [6.45, 7) is 6.25. The van der Waals surface area contributed by atoms with Gasteiger partial charge < -0.3 is 10.1 Å². The Morgan fingerprint density at radius 1 is 1.37 bits per heavy atom. The van der Waals surface area contributed by atoms with Crippen LogP contribution < -0.4 is 10.1 Å². The van der Waals surface area contributed by atoms with E-state index < -0.39 is 0 Å². The summed E-state index contributed by atoms with van der Waals surface area (Å²) in [6.07, 6.45) is 6.22. The average molecular weight is 265 g/mol. The van der Waals surface area contributed by atoms with Crippen molar-refractivity contribution in [3.05, 3.63) is 42.2 Å². The molecule has 0 aliphatic carbocycles. The Labute approximate surface area is 115 Å². The van der Waals surface area contributed by atoms with E-state index in [1.165, 1.54) is 6.07 Å². The predicted octanol–water partition coefficient (Wildman–Crippen LogP) is 4.23. The van der Waals surface area contributed by atoms with Crippen molar-refractivity contribution in [2.24, 2.45) is 0 Å². The zero-order valence-electron chi connectivity index (χ0n) is 11.9. The lowest BCUT2D eigenvalue weighted by Gasteiger charge is -2.13. The van der Waals surface area contributed by atoms with Crippen LogP contribution in [0.1, 0.15) is 44.2 Å². The normalized spacial score (nSPS) is 12.2. The summed E-state index contributed by atoms with van der Waals surface area (Å²) >= 11 is 0. The molecular formula is C16H24FNO. The predicted molar refractivity (Wildman–Crippen MR) is 78.0 cm³/mol. The van der Waals surface area contributed by atoms with Gasteiger partial charge in [-0.15, -0.1) is 6.58 Å². The monoisotopic (exact) mass is 265 g/mol. The lowest BCUT2D eigenvalue weighted by atomic mass is 10.1. The number of ether oxygens (including phenoxy) is 1. The molecule has 0 saturated carbocycles. The smallest absolute Gasteiger partial charge is 0.131 e. The number of hydrogen-bond donors (Lipinski definition) is 1. The molecule has 1 N–H and O–H groups in total. The summed E-state index contributed by atoms with van der Waals surface area (Å²) in [6, 6.07) is 5.08. The minimum atomic E-state index is -0.217. The summed E-state index contributed by atoms with van der Waals surface area (Å²) in [5.41, 5.74) is 0.667. The number of nitrogens with one attached hydrogen (secondary N) is 1. The summed E-state index contributed by atoms with van der Waals surface area (Å²) in [5, 5.41) is 3.02. The number of benzene rings is 1. The summed E-state index contributed by atoms with van der Waals surface area (Å²) in [4.78, 5) is 0. The maximum Gasteiger partial charge on any atom is 0.131 e. The second-order valence-electron chi connectivity index (χ2n) is 4.68. The highest BCUT2D eigenvalue weighted by molar-refractivity contribution is 5.30. The Morgan fingerprint density at radius 3 is 2.79 bits per heavy atom. The highest BCUT2D eigenvalue weighted by Gasteiger charge is 2.09. The molecule has 1 aromatic rings. The zero-order chi connectivity index (χ0) is 14.1. The van der Waals surface area contributed by atoms with Crippen molar-refractivity contribution in [2.75, 3.05) is 13.7 Å². The highest BCUT2D eigenvalue weighted by atomic mass is 19.1. The lowest BCUT2D eigenvalue weighted by Crippen LogP contribution is -2.13. The highest BCUT2D eigenvalue weighted by Crippen LogP contribution is 2.21. The van der Waals surface area contributed by atoms with Gasteiger partial charge in [-0.25, -0.2) is 4.39 Å². The van der Waals surface area contributed by atoms with Crippen LogP contribution in [0, 0.1) is 5.82 Å². The average Bonchev–Trinajstić information content (AvgIpc) is 2.42. The fourth-order valence-electron chi connectivity index (χ4n) is 1.86. The second kappa shape index (κ2) is 8.70. The first-order chi connectivity index (χ1) is 9.19. The van der Waals surface area contributed by atoms with Crippen LogP contribution >= 0.6 is 0 Å². The van der Waals surface area contributed by atoms with Gasteiger partial charge >= 0.3 is 0 Å². The van der Waals surface area contributed by atoms with Gasteiger partial charge in [0.05, 0.1) is 6.61 Å². The molecule has 1 aromatic carbocycles. The third-order valence-corrected chi connectivity index (χ3v) is 3.19. The fraction of sp³-hybridized carbons (Fsp3) is 0.500. The van der Waals surface area contributed by atoms with Crippen molar-refractivity contribution in [1.29, 1.82) is 0 Å². The molecule has 0 spiro atoms. The van der Waals surface area contributed by atoms with Crippen molar-refractivity contribution in [3.63, 3.8) is 0 Å². The quantitative estimate of drug-likeness (QED) is 0.533. The minimum Gasteiger partial charge on any atom is -0.493 e. The maximum atomic E-state index is 13.8. The largest absolute Gasteiger partial charge is 0.493 e. The van der Waals surface area contributed by atoms with E-state index in [1.54, 1.807) is 6.07 Å². The van der Waals surface area contributed by atoms with E-state index in [0.29, 0.717) is 17.9 Å². The molecule has 0 aliphatic heterocycles. The van der Waals surface area contributed by atoms with E-state index in [1.807, 2.05) is 26.1 Å². The summed E-state index contributed by atoms with van der Waals surface area (Å²) < 4.78 is 19.4. The first-order valence-corrected chi connectivity index (χ1v) is 6.89. The SMILES string of the molecule is C=CCCCCCOc1ccc(C(C)NC)c(F)c1. The van der Waals surface area contributed by atoms with Gasteiger partial charge in [-0.2, -0.15) is 0 Å². The van der Waals surface area contributed by atoms with Crippen LogP contribution in [0.4, 0.5) is 4.39 Å². The number of allylic oxidation sites excluding steroid dienone is 1. The molecule has 3 heteroatoms. The summed E-state index contributed by atoms with van der Waals surface area (Å²) in [5.74, 6) is 0.388. The molecule has 0 saturated heterocycles. The lowest BCUT2D eigenvalue weighted by molar-refractivity contribution is 0.303. The molecule has 0 radical (unpaired) electrons. The van der Waals surface area contributed by atoms with E-state index in [-0.39, 0.29) is 11.9 Å². The number of halogens is 1. The molecule has 0 bridgehead atoms. The van der Waals surface area contributed by atoms with Crippen LogP contribution in [0.15, 0.2) is 30.9 Å². The van der Waals surface area contributed by atoms with Crippen molar-refractivity contribution in [1.82, 2.24) is 5.32 Å². The standard InChI is InChI=1S/C16H24FNO/c1-4-5-6-7-8-11-19-14-9-10-15(13(2)18-3)16(17)12-14/h4,9-10,12-13,18H,1,5-8,11H2,2-3H3. The van der Waals surface area contributed by atoms with Gasteiger partial charge in [0, 0.05) is 17.7 Å². The van der Waals surface area contributed by atoms with Gasteiger partial charge in [-0.05, 0) is 45.7 Å². The van der Waals surface area contributed by atoms with Crippen molar-refractivity contribution in [2.45, 2.75) is 38.6 Å². The van der Waals surface area contributed by atoms with Gasteiger partial charge in [-0.1, -0.05) is 12.1 Å². The van der Waals surface area contributed by atoms with E-state index in [9.17, 15) is 4.39 Å². The molecule has 0 heterocycles. The third kappa shape index (κ3) is 5.43. The maximum absolute atomic E-state index is 13.8. The van der Waals surface area contributed by atoms with Crippen LogP contribution in [0.5, 0.6) is 5.75 Å². The van der Waals surface area contributed by atoms with Crippen LogP contribution in [0.2, 0.25) is 0 Å². The molecule has 1 unspecified atom stereocenters. The van der Waals surface area contributed by atoms with Crippen LogP contribution in [-0.2, 0) is 0 Å². The van der Waals surface area contributed by atoms with Crippen molar-refractivity contribution < 1.29 is 9.13 Å². The minimum absolute atomic E-state index is 0.00736. The Morgan fingerprint density at radius 2 is 2.16 bits per heavy atom. The van der Waals surface area contributed by atoms with E-state index in [0.717, 1.165) is 25.7 Å².